The Balaban J connectivity index is 1.74. The van der Waals surface area contributed by atoms with Crippen LogP contribution >= 0.6 is 11.3 Å². The molecule has 0 aliphatic rings. The van der Waals surface area contributed by atoms with E-state index in [4.69, 9.17) is 9.15 Å². The maximum atomic E-state index is 10.1. The van der Waals surface area contributed by atoms with Crippen LogP contribution < -0.4 is 0 Å². The van der Waals surface area contributed by atoms with Crippen LogP contribution in [0, 0.1) is 0 Å². The molecule has 0 saturated heterocycles. The maximum absolute atomic E-state index is 10.1. The summed E-state index contributed by atoms with van der Waals surface area (Å²) in [6.07, 6.45) is 1.12. The molecule has 0 aliphatic heterocycles. The molecule has 0 spiro atoms. The number of hydrogen-bond acceptors (Lipinski definition) is 5. The standard InChI is InChI=1S/C16H23NO3S/c1-13(2)17(10-16-6-4-8-21-16)9-14(18)11-19-12-15-5-3-7-20-15/h3-8,13-14,18H,9-12H2,1-2H3/t14-/m1/s1. The van der Waals surface area contributed by atoms with E-state index in [1.807, 2.05) is 12.1 Å². The fraction of sp³-hybridized carbons (Fsp3) is 0.500. The molecule has 0 aromatic carbocycles. The molecule has 0 bridgehead atoms. The number of thiophene rings is 1. The van der Waals surface area contributed by atoms with Gasteiger partial charge < -0.3 is 14.3 Å². The van der Waals surface area contributed by atoms with Gasteiger partial charge in [0.1, 0.15) is 12.4 Å². The number of rotatable bonds is 9. The average Bonchev–Trinajstić information content (AvgIpc) is 3.10. The summed E-state index contributed by atoms with van der Waals surface area (Å²) >= 11 is 1.74. The van der Waals surface area contributed by atoms with E-state index in [1.165, 1.54) is 4.88 Å². The van der Waals surface area contributed by atoms with Gasteiger partial charge in [-0.3, -0.25) is 4.90 Å². The Morgan fingerprint density at radius 3 is 2.81 bits per heavy atom. The molecule has 4 nitrogen and oxygen atoms in total. The summed E-state index contributed by atoms with van der Waals surface area (Å²) in [4.78, 5) is 3.57. The van der Waals surface area contributed by atoms with Gasteiger partial charge in [-0.2, -0.15) is 0 Å². The number of aliphatic hydroxyl groups is 1. The third-order valence-electron chi connectivity index (χ3n) is 3.25. The number of nitrogens with zero attached hydrogens (tertiary/aromatic N) is 1. The minimum Gasteiger partial charge on any atom is -0.467 e. The normalized spacial score (nSPS) is 13.2. The van der Waals surface area contributed by atoms with Crippen molar-refractivity contribution in [2.24, 2.45) is 0 Å². The quantitative estimate of drug-likeness (QED) is 0.773. The predicted molar refractivity (Wildman–Crippen MR) is 84.2 cm³/mol. The van der Waals surface area contributed by atoms with Gasteiger partial charge in [0.05, 0.1) is 19.0 Å². The van der Waals surface area contributed by atoms with Gasteiger partial charge in [0.15, 0.2) is 0 Å². The van der Waals surface area contributed by atoms with Gasteiger partial charge >= 0.3 is 0 Å². The zero-order valence-electron chi connectivity index (χ0n) is 12.6. The molecule has 1 atom stereocenters. The van der Waals surface area contributed by atoms with E-state index in [1.54, 1.807) is 17.6 Å². The molecule has 0 aliphatic carbocycles. The molecule has 2 rings (SSSR count). The Morgan fingerprint density at radius 1 is 1.33 bits per heavy atom. The van der Waals surface area contributed by atoms with Gasteiger partial charge in [-0.15, -0.1) is 11.3 Å². The number of ether oxygens (including phenoxy) is 1. The van der Waals surface area contributed by atoms with Crippen LogP contribution in [0.5, 0.6) is 0 Å². The van der Waals surface area contributed by atoms with Crippen LogP contribution in [0.4, 0.5) is 0 Å². The first-order chi connectivity index (χ1) is 10.1. The van der Waals surface area contributed by atoms with Crippen molar-refractivity contribution in [2.75, 3.05) is 13.2 Å². The highest BCUT2D eigenvalue weighted by Crippen LogP contribution is 2.14. The van der Waals surface area contributed by atoms with Crippen molar-refractivity contribution >= 4 is 11.3 Å². The molecule has 0 fully saturated rings. The van der Waals surface area contributed by atoms with Crippen LogP contribution in [0.25, 0.3) is 0 Å². The van der Waals surface area contributed by atoms with Gasteiger partial charge in [-0.25, -0.2) is 0 Å². The van der Waals surface area contributed by atoms with E-state index in [9.17, 15) is 5.11 Å². The van der Waals surface area contributed by atoms with Crippen LogP contribution in [0.1, 0.15) is 24.5 Å². The Hall–Kier alpha value is -1.14. The van der Waals surface area contributed by atoms with Crippen LogP contribution in [0.3, 0.4) is 0 Å². The topological polar surface area (TPSA) is 45.8 Å². The van der Waals surface area contributed by atoms with Gasteiger partial charge in [-0.05, 0) is 37.4 Å². The van der Waals surface area contributed by atoms with Crippen LogP contribution in [-0.2, 0) is 17.9 Å². The van der Waals surface area contributed by atoms with Crippen molar-refractivity contribution in [3.63, 3.8) is 0 Å². The highest BCUT2D eigenvalue weighted by atomic mass is 32.1. The monoisotopic (exact) mass is 309 g/mol. The SMILES string of the molecule is CC(C)N(Cc1cccs1)C[C@@H](O)COCc1ccco1. The van der Waals surface area contributed by atoms with Crippen LogP contribution in [-0.4, -0.2) is 35.3 Å². The number of aliphatic hydroxyl groups excluding tert-OH is 1. The van der Waals surface area contributed by atoms with E-state index >= 15 is 0 Å². The molecule has 0 saturated carbocycles. The molecule has 2 heterocycles. The minimum absolute atomic E-state index is 0.314. The maximum Gasteiger partial charge on any atom is 0.129 e. The predicted octanol–water partition coefficient (Wildman–Crippen LogP) is 3.13. The fourth-order valence-electron chi connectivity index (χ4n) is 2.07. The lowest BCUT2D eigenvalue weighted by Gasteiger charge is -2.28. The largest absolute Gasteiger partial charge is 0.467 e. The van der Waals surface area contributed by atoms with Crippen LogP contribution in [0.2, 0.25) is 0 Å². The van der Waals surface area contributed by atoms with Gasteiger partial charge in [0, 0.05) is 24.0 Å². The molecule has 0 amide bonds. The lowest BCUT2D eigenvalue weighted by molar-refractivity contribution is -0.000979. The van der Waals surface area contributed by atoms with Crippen molar-refractivity contribution in [1.82, 2.24) is 4.90 Å². The first-order valence-corrected chi connectivity index (χ1v) is 8.07. The highest BCUT2D eigenvalue weighted by Gasteiger charge is 2.16. The smallest absolute Gasteiger partial charge is 0.129 e. The fourth-order valence-corrected chi connectivity index (χ4v) is 2.80. The summed E-state index contributed by atoms with van der Waals surface area (Å²) in [6, 6.07) is 8.26. The lowest BCUT2D eigenvalue weighted by atomic mass is 10.2. The Kier molecular flexibility index (Phi) is 6.45. The second kappa shape index (κ2) is 8.34. The highest BCUT2D eigenvalue weighted by molar-refractivity contribution is 7.09. The average molecular weight is 309 g/mol. The first-order valence-electron chi connectivity index (χ1n) is 7.19. The zero-order valence-corrected chi connectivity index (χ0v) is 13.4. The van der Waals surface area contributed by atoms with Gasteiger partial charge in [0.25, 0.3) is 0 Å². The molecular weight excluding hydrogens is 286 g/mol. The molecule has 0 unspecified atom stereocenters. The molecule has 116 valence electrons. The summed E-state index contributed by atoms with van der Waals surface area (Å²) in [5, 5.41) is 12.2. The van der Waals surface area contributed by atoms with Crippen molar-refractivity contribution in [2.45, 2.75) is 39.1 Å². The molecule has 1 N–H and O–H groups in total. The van der Waals surface area contributed by atoms with E-state index < -0.39 is 6.10 Å². The summed E-state index contributed by atoms with van der Waals surface area (Å²) in [5.41, 5.74) is 0. The number of furan rings is 1. The zero-order chi connectivity index (χ0) is 15.1. The molecule has 5 heteroatoms. The van der Waals surface area contributed by atoms with E-state index in [0.717, 1.165) is 12.3 Å². The van der Waals surface area contributed by atoms with Crippen molar-refractivity contribution in [3.05, 3.63) is 46.5 Å². The number of hydrogen-bond donors (Lipinski definition) is 1. The molecule has 21 heavy (non-hydrogen) atoms. The minimum atomic E-state index is -0.498. The van der Waals surface area contributed by atoms with Crippen LogP contribution in [0.15, 0.2) is 40.3 Å². The second-order valence-electron chi connectivity index (χ2n) is 5.35. The van der Waals surface area contributed by atoms with Gasteiger partial charge in [0.2, 0.25) is 0 Å². The van der Waals surface area contributed by atoms with Gasteiger partial charge in [-0.1, -0.05) is 6.07 Å². The summed E-state index contributed by atoms with van der Waals surface area (Å²) in [6.45, 7) is 6.47. The summed E-state index contributed by atoms with van der Waals surface area (Å²) in [7, 11) is 0. The van der Waals surface area contributed by atoms with Crippen molar-refractivity contribution < 1.29 is 14.3 Å². The Morgan fingerprint density at radius 2 is 2.19 bits per heavy atom. The lowest BCUT2D eigenvalue weighted by Crippen LogP contribution is -2.38. The first kappa shape index (κ1) is 16.2. The summed E-state index contributed by atoms with van der Waals surface area (Å²) in [5.74, 6) is 0.779. The Bertz CT molecular complexity index is 482. The van der Waals surface area contributed by atoms with E-state index in [2.05, 4.69) is 36.3 Å². The molecular formula is C16H23NO3S. The Labute approximate surface area is 130 Å². The van der Waals surface area contributed by atoms with Crippen molar-refractivity contribution in [3.8, 4) is 0 Å². The third kappa shape index (κ3) is 5.63. The van der Waals surface area contributed by atoms with Crippen molar-refractivity contribution in [1.29, 1.82) is 0 Å². The molecule has 2 aromatic rings. The summed E-state index contributed by atoms with van der Waals surface area (Å²) < 4.78 is 10.7. The molecule has 0 radical (unpaired) electrons. The second-order valence-corrected chi connectivity index (χ2v) is 6.38. The molecule has 2 aromatic heterocycles. The third-order valence-corrected chi connectivity index (χ3v) is 4.11. The van der Waals surface area contributed by atoms with E-state index in [-0.39, 0.29) is 0 Å². The van der Waals surface area contributed by atoms with E-state index in [0.29, 0.717) is 25.8 Å².